The smallest absolute Gasteiger partial charge is 0.330 e. The highest BCUT2D eigenvalue weighted by atomic mass is 19.3. The van der Waals surface area contributed by atoms with Crippen LogP contribution in [-0.4, -0.2) is 38.1 Å². The molecule has 0 fully saturated rings. The van der Waals surface area contributed by atoms with Crippen molar-refractivity contribution in [3.05, 3.63) is 0 Å². The van der Waals surface area contributed by atoms with Crippen LogP contribution < -0.4 is 5.32 Å². The van der Waals surface area contributed by atoms with Gasteiger partial charge < -0.3 is 10.1 Å². The maximum atomic E-state index is 12.5. The third-order valence-corrected chi connectivity index (χ3v) is 2.06. The number of terminal acetylenes is 1. The second-order valence-electron chi connectivity index (χ2n) is 3.57. The van der Waals surface area contributed by atoms with Gasteiger partial charge in [0.1, 0.15) is 6.61 Å². The van der Waals surface area contributed by atoms with Gasteiger partial charge in [0, 0.05) is 12.5 Å². The molecular weight excluding hydrogens is 238 g/mol. The van der Waals surface area contributed by atoms with Crippen molar-refractivity contribution in [2.24, 2.45) is 0 Å². The SMILES string of the molecule is C#CCCC(COCC(F)(F)C(F)F)NCC. The molecular formula is C11H17F4NO. The standard InChI is InChI=1S/C11H17F4NO/c1-3-5-6-9(16-4-2)7-17-8-11(14,15)10(12)13/h1,9-10,16H,4-8H2,2H3. The predicted octanol–water partition coefficient (Wildman–Crippen LogP) is 2.29. The summed E-state index contributed by atoms with van der Waals surface area (Å²) in [6, 6.07) is -0.190. The minimum atomic E-state index is -4.09. The first-order valence-corrected chi connectivity index (χ1v) is 5.34. The normalized spacial score (nSPS) is 13.7. The Morgan fingerprint density at radius 1 is 1.41 bits per heavy atom. The van der Waals surface area contributed by atoms with Crippen molar-refractivity contribution in [1.82, 2.24) is 5.32 Å². The molecule has 0 saturated carbocycles. The molecule has 0 aromatic rings. The second kappa shape index (κ2) is 8.31. The first-order chi connectivity index (χ1) is 7.94. The van der Waals surface area contributed by atoms with Crippen molar-refractivity contribution in [3.8, 4) is 12.3 Å². The Balaban J connectivity index is 3.93. The van der Waals surface area contributed by atoms with Crippen molar-refractivity contribution >= 4 is 0 Å². The molecule has 0 rings (SSSR count). The molecule has 1 N–H and O–H groups in total. The van der Waals surface area contributed by atoms with E-state index in [9.17, 15) is 17.6 Å². The average molecular weight is 255 g/mol. The van der Waals surface area contributed by atoms with E-state index in [1.807, 2.05) is 6.92 Å². The molecule has 0 aliphatic carbocycles. The molecule has 17 heavy (non-hydrogen) atoms. The molecule has 0 radical (unpaired) electrons. The molecule has 6 heteroatoms. The van der Waals surface area contributed by atoms with E-state index < -0.39 is 19.0 Å². The maximum absolute atomic E-state index is 12.5. The third-order valence-electron chi connectivity index (χ3n) is 2.06. The topological polar surface area (TPSA) is 21.3 Å². The minimum Gasteiger partial charge on any atom is -0.373 e. The molecule has 0 bridgehead atoms. The average Bonchev–Trinajstić information content (AvgIpc) is 2.25. The zero-order valence-electron chi connectivity index (χ0n) is 9.69. The van der Waals surface area contributed by atoms with Crippen LogP contribution in [0.5, 0.6) is 0 Å². The Kier molecular flexibility index (Phi) is 7.92. The Morgan fingerprint density at radius 2 is 2.06 bits per heavy atom. The van der Waals surface area contributed by atoms with Crippen molar-refractivity contribution in [2.45, 2.75) is 38.2 Å². The number of alkyl halides is 4. The second-order valence-corrected chi connectivity index (χ2v) is 3.57. The fourth-order valence-electron chi connectivity index (χ4n) is 1.19. The van der Waals surface area contributed by atoms with Gasteiger partial charge in [-0.05, 0) is 13.0 Å². The largest absolute Gasteiger partial charge is 0.373 e. The summed E-state index contributed by atoms with van der Waals surface area (Å²) in [6.07, 6.45) is 2.41. The number of rotatable bonds is 9. The van der Waals surface area contributed by atoms with Gasteiger partial charge in [-0.3, -0.25) is 0 Å². The Morgan fingerprint density at radius 3 is 2.53 bits per heavy atom. The summed E-state index contributed by atoms with van der Waals surface area (Å²) in [5.74, 6) is -1.68. The van der Waals surface area contributed by atoms with Crippen molar-refractivity contribution < 1.29 is 22.3 Å². The molecule has 0 saturated heterocycles. The first-order valence-electron chi connectivity index (χ1n) is 5.34. The van der Waals surface area contributed by atoms with Gasteiger partial charge in [-0.2, -0.15) is 8.78 Å². The zero-order chi connectivity index (χ0) is 13.3. The molecule has 0 heterocycles. The van der Waals surface area contributed by atoms with E-state index in [0.29, 0.717) is 19.4 Å². The van der Waals surface area contributed by atoms with Crippen LogP contribution in [0.25, 0.3) is 0 Å². The van der Waals surface area contributed by atoms with Gasteiger partial charge in [0.25, 0.3) is 0 Å². The highest BCUT2D eigenvalue weighted by molar-refractivity contribution is 4.85. The van der Waals surface area contributed by atoms with E-state index in [4.69, 9.17) is 6.42 Å². The van der Waals surface area contributed by atoms with Crippen molar-refractivity contribution in [3.63, 3.8) is 0 Å². The lowest BCUT2D eigenvalue weighted by Crippen LogP contribution is -2.37. The molecule has 100 valence electrons. The van der Waals surface area contributed by atoms with Crippen LogP contribution in [0.4, 0.5) is 17.6 Å². The first kappa shape index (κ1) is 16.2. The highest BCUT2D eigenvalue weighted by Crippen LogP contribution is 2.22. The summed E-state index contributed by atoms with van der Waals surface area (Å²) in [7, 11) is 0. The summed E-state index contributed by atoms with van der Waals surface area (Å²) < 4.78 is 53.3. The van der Waals surface area contributed by atoms with Crippen LogP contribution in [-0.2, 0) is 4.74 Å². The van der Waals surface area contributed by atoms with Crippen LogP contribution in [0.3, 0.4) is 0 Å². The lowest BCUT2D eigenvalue weighted by Gasteiger charge is -2.20. The van der Waals surface area contributed by atoms with Crippen LogP contribution in [0.2, 0.25) is 0 Å². The Hall–Kier alpha value is -0.800. The zero-order valence-corrected chi connectivity index (χ0v) is 9.69. The van der Waals surface area contributed by atoms with Crippen LogP contribution in [0.1, 0.15) is 19.8 Å². The molecule has 0 aromatic carbocycles. The summed E-state index contributed by atoms with van der Waals surface area (Å²) in [5, 5.41) is 2.98. The van der Waals surface area contributed by atoms with Gasteiger partial charge >= 0.3 is 12.3 Å². The molecule has 0 amide bonds. The molecule has 0 aromatic heterocycles. The van der Waals surface area contributed by atoms with E-state index >= 15 is 0 Å². The molecule has 1 unspecified atom stereocenters. The number of nitrogens with one attached hydrogen (secondary N) is 1. The lowest BCUT2D eigenvalue weighted by atomic mass is 10.2. The van der Waals surface area contributed by atoms with E-state index in [-0.39, 0.29) is 12.6 Å². The van der Waals surface area contributed by atoms with E-state index in [1.165, 1.54) is 0 Å². The Bertz CT molecular complexity index is 240. The summed E-state index contributed by atoms with van der Waals surface area (Å²) in [6.45, 7) is 1.14. The van der Waals surface area contributed by atoms with Gasteiger partial charge in [-0.25, -0.2) is 8.78 Å². The fraction of sp³-hybridized carbons (Fsp3) is 0.818. The Labute approximate surface area is 98.7 Å². The van der Waals surface area contributed by atoms with E-state index in [1.54, 1.807) is 0 Å². The third kappa shape index (κ3) is 7.18. The van der Waals surface area contributed by atoms with Gasteiger partial charge in [0.2, 0.25) is 0 Å². The van der Waals surface area contributed by atoms with Gasteiger partial charge in [-0.15, -0.1) is 12.3 Å². The van der Waals surface area contributed by atoms with Crippen LogP contribution in [0, 0.1) is 12.3 Å². The van der Waals surface area contributed by atoms with Crippen LogP contribution >= 0.6 is 0 Å². The lowest BCUT2D eigenvalue weighted by molar-refractivity contribution is -0.167. The molecule has 1 atom stereocenters. The summed E-state index contributed by atoms with van der Waals surface area (Å²) in [5.41, 5.74) is 0. The van der Waals surface area contributed by atoms with Crippen LogP contribution in [0.15, 0.2) is 0 Å². The van der Waals surface area contributed by atoms with Gasteiger partial charge in [-0.1, -0.05) is 6.92 Å². The van der Waals surface area contributed by atoms with Crippen molar-refractivity contribution in [2.75, 3.05) is 19.8 Å². The van der Waals surface area contributed by atoms with Gasteiger partial charge in [0.05, 0.1) is 6.61 Å². The molecule has 0 aliphatic heterocycles. The molecule has 0 aliphatic rings. The quantitative estimate of drug-likeness (QED) is 0.504. The maximum Gasteiger partial charge on any atom is 0.330 e. The number of halogens is 4. The number of ether oxygens (including phenoxy) is 1. The fourth-order valence-corrected chi connectivity index (χ4v) is 1.19. The van der Waals surface area contributed by atoms with E-state index in [0.717, 1.165) is 0 Å². The molecule has 0 spiro atoms. The number of hydrogen-bond donors (Lipinski definition) is 1. The summed E-state index contributed by atoms with van der Waals surface area (Å²) >= 11 is 0. The predicted molar refractivity (Wildman–Crippen MR) is 57.3 cm³/mol. The number of hydrogen-bond acceptors (Lipinski definition) is 2. The van der Waals surface area contributed by atoms with E-state index in [2.05, 4.69) is 16.0 Å². The monoisotopic (exact) mass is 255 g/mol. The summed E-state index contributed by atoms with van der Waals surface area (Å²) in [4.78, 5) is 0. The van der Waals surface area contributed by atoms with Gasteiger partial charge in [0.15, 0.2) is 0 Å². The minimum absolute atomic E-state index is 0.0577. The highest BCUT2D eigenvalue weighted by Gasteiger charge is 2.41. The van der Waals surface area contributed by atoms with Crippen molar-refractivity contribution in [1.29, 1.82) is 0 Å². The molecule has 2 nitrogen and oxygen atoms in total. The number of likely N-dealkylation sites (N-methyl/N-ethyl adjacent to an activating group) is 1.